The number of rotatable bonds is 7. The molecule has 0 aliphatic rings. The van der Waals surface area contributed by atoms with Crippen molar-refractivity contribution < 1.29 is 4.74 Å². The van der Waals surface area contributed by atoms with Gasteiger partial charge >= 0.3 is 0 Å². The first-order chi connectivity index (χ1) is 9.69. The molecule has 0 bridgehead atoms. The van der Waals surface area contributed by atoms with Gasteiger partial charge < -0.3 is 15.4 Å². The first-order valence-corrected chi connectivity index (χ1v) is 6.33. The van der Waals surface area contributed by atoms with Crippen molar-refractivity contribution in [1.82, 2.24) is 29.7 Å². The summed E-state index contributed by atoms with van der Waals surface area (Å²) in [7, 11) is 1.74. The summed E-state index contributed by atoms with van der Waals surface area (Å²) in [6.07, 6.45) is 3.15. The maximum atomic E-state index is 5.45. The van der Waals surface area contributed by atoms with Crippen molar-refractivity contribution in [2.24, 2.45) is 0 Å². The molecule has 9 nitrogen and oxygen atoms in total. The number of hydrogen-bond donors (Lipinski definition) is 2. The number of ether oxygens (including phenoxy) is 1. The van der Waals surface area contributed by atoms with Crippen molar-refractivity contribution in [2.45, 2.75) is 20.0 Å². The summed E-state index contributed by atoms with van der Waals surface area (Å²) in [6, 6.07) is 0. The highest BCUT2D eigenvalue weighted by molar-refractivity contribution is 5.37. The molecule has 2 N–H and O–H groups in total. The highest BCUT2D eigenvalue weighted by Crippen LogP contribution is 2.07. The zero-order valence-electron chi connectivity index (χ0n) is 11.7. The number of anilines is 2. The second-order valence-electron chi connectivity index (χ2n) is 4.22. The molecule has 0 amide bonds. The van der Waals surface area contributed by atoms with E-state index in [9.17, 15) is 0 Å². The van der Waals surface area contributed by atoms with E-state index in [1.54, 1.807) is 7.05 Å². The average Bonchev–Trinajstić information content (AvgIpc) is 2.97. The molecule has 0 aliphatic heterocycles. The first kappa shape index (κ1) is 14.1. The Labute approximate surface area is 116 Å². The zero-order valence-corrected chi connectivity index (χ0v) is 11.7. The van der Waals surface area contributed by atoms with Crippen LogP contribution in [0, 0.1) is 0 Å². The van der Waals surface area contributed by atoms with Crippen molar-refractivity contribution in [2.75, 3.05) is 30.8 Å². The zero-order chi connectivity index (χ0) is 14.4. The van der Waals surface area contributed by atoms with Gasteiger partial charge in [0.1, 0.15) is 12.7 Å². The Kier molecular flexibility index (Phi) is 4.77. The van der Waals surface area contributed by atoms with E-state index in [-0.39, 0.29) is 6.10 Å². The SMILES string of the molecule is CNc1nc(NCCOC(C)C)nc(-n2cncn2)n1. The van der Waals surface area contributed by atoms with E-state index >= 15 is 0 Å². The molecular formula is C11H18N8O. The van der Waals surface area contributed by atoms with Crippen LogP contribution < -0.4 is 10.6 Å². The molecule has 108 valence electrons. The fraction of sp³-hybridized carbons (Fsp3) is 0.545. The van der Waals surface area contributed by atoms with E-state index in [0.29, 0.717) is 31.0 Å². The van der Waals surface area contributed by atoms with Crippen LogP contribution in [-0.4, -0.2) is 56.0 Å². The summed E-state index contributed by atoms with van der Waals surface area (Å²) in [5, 5.41) is 9.97. The highest BCUT2D eigenvalue weighted by Gasteiger charge is 2.07. The van der Waals surface area contributed by atoms with Crippen LogP contribution in [0.1, 0.15) is 13.8 Å². The first-order valence-electron chi connectivity index (χ1n) is 6.33. The van der Waals surface area contributed by atoms with Gasteiger partial charge in [0.2, 0.25) is 11.9 Å². The second-order valence-corrected chi connectivity index (χ2v) is 4.22. The van der Waals surface area contributed by atoms with E-state index in [1.807, 2.05) is 13.8 Å². The molecule has 2 aromatic rings. The Bertz CT molecular complexity index is 527. The van der Waals surface area contributed by atoms with Gasteiger partial charge in [-0.05, 0) is 13.8 Å². The summed E-state index contributed by atoms with van der Waals surface area (Å²) in [5.74, 6) is 1.31. The molecular weight excluding hydrogens is 260 g/mol. The second kappa shape index (κ2) is 6.75. The van der Waals surface area contributed by atoms with Gasteiger partial charge in [-0.25, -0.2) is 4.98 Å². The molecule has 0 aliphatic carbocycles. The van der Waals surface area contributed by atoms with E-state index in [2.05, 4.69) is 35.7 Å². The van der Waals surface area contributed by atoms with Crippen molar-refractivity contribution in [3.63, 3.8) is 0 Å². The molecule has 0 saturated carbocycles. The predicted octanol–water partition coefficient (Wildman–Crippen LogP) is 0.331. The topological polar surface area (TPSA) is 103 Å². The summed E-state index contributed by atoms with van der Waals surface area (Å²) in [5.41, 5.74) is 0. The lowest BCUT2D eigenvalue weighted by molar-refractivity contribution is 0.0870. The van der Waals surface area contributed by atoms with Gasteiger partial charge in [0.15, 0.2) is 0 Å². The fourth-order valence-corrected chi connectivity index (χ4v) is 1.43. The quantitative estimate of drug-likeness (QED) is 0.698. The lowest BCUT2D eigenvalue weighted by atomic mass is 10.5. The number of hydrogen-bond acceptors (Lipinski definition) is 8. The number of aromatic nitrogens is 6. The Morgan fingerprint density at radius 3 is 2.70 bits per heavy atom. The molecule has 20 heavy (non-hydrogen) atoms. The van der Waals surface area contributed by atoms with Crippen molar-refractivity contribution >= 4 is 11.9 Å². The third-order valence-electron chi connectivity index (χ3n) is 2.31. The maximum Gasteiger partial charge on any atom is 0.258 e. The molecule has 0 radical (unpaired) electrons. The highest BCUT2D eigenvalue weighted by atomic mass is 16.5. The molecule has 0 saturated heterocycles. The van der Waals surface area contributed by atoms with Crippen molar-refractivity contribution in [3.05, 3.63) is 12.7 Å². The minimum atomic E-state index is 0.203. The number of nitrogens with one attached hydrogen (secondary N) is 2. The molecule has 2 heterocycles. The van der Waals surface area contributed by atoms with Gasteiger partial charge in [-0.3, -0.25) is 0 Å². The van der Waals surface area contributed by atoms with Crippen molar-refractivity contribution in [3.8, 4) is 5.95 Å². The van der Waals surface area contributed by atoms with E-state index in [0.717, 1.165) is 0 Å². The van der Waals surface area contributed by atoms with Gasteiger partial charge in [-0.15, -0.1) is 0 Å². The Morgan fingerprint density at radius 2 is 2.05 bits per heavy atom. The Morgan fingerprint density at radius 1 is 1.25 bits per heavy atom. The largest absolute Gasteiger partial charge is 0.377 e. The summed E-state index contributed by atoms with van der Waals surface area (Å²) < 4.78 is 6.92. The van der Waals surface area contributed by atoms with Gasteiger partial charge in [-0.2, -0.15) is 24.7 Å². The van der Waals surface area contributed by atoms with Crippen molar-refractivity contribution in [1.29, 1.82) is 0 Å². The Balaban J connectivity index is 2.06. The minimum Gasteiger partial charge on any atom is -0.377 e. The molecule has 2 rings (SSSR count). The van der Waals surface area contributed by atoms with E-state index in [4.69, 9.17) is 4.74 Å². The molecule has 2 aromatic heterocycles. The molecule has 0 unspecified atom stereocenters. The van der Waals surface area contributed by atoms with Crippen LogP contribution in [0.25, 0.3) is 5.95 Å². The third kappa shape index (κ3) is 3.85. The van der Waals surface area contributed by atoms with Gasteiger partial charge in [0.05, 0.1) is 12.7 Å². The lowest BCUT2D eigenvalue weighted by Crippen LogP contribution is -2.16. The normalized spacial score (nSPS) is 10.8. The summed E-state index contributed by atoms with van der Waals surface area (Å²) >= 11 is 0. The average molecular weight is 278 g/mol. The van der Waals surface area contributed by atoms with Crippen LogP contribution in [0.15, 0.2) is 12.7 Å². The van der Waals surface area contributed by atoms with Gasteiger partial charge in [0.25, 0.3) is 5.95 Å². The van der Waals surface area contributed by atoms with Crippen LogP contribution in [0.2, 0.25) is 0 Å². The summed E-state index contributed by atoms with van der Waals surface area (Å²) in [4.78, 5) is 16.6. The molecule has 0 fully saturated rings. The molecule has 9 heteroatoms. The van der Waals surface area contributed by atoms with Crippen LogP contribution >= 0.6 is 0 Å². The smallest absolute Gasteiger partial charge is 0.258 e. The third-order valence-corrected chi connectivity index (χ3v) is 2.31. The molecule has 0 aromatic carbocycles. The number of nitrogens with zero attached hydrogens (tertiary/aromatic N) is 6. The van der Waals surface area contributed by atoms with Crippen LogP contribution in [-0.2, 0) is 4.74 Å². The van der Waals surface area contributed by atoms with Gasteiger partial charge in [-0.1, -0.05) is 0 Å². The summed E-state index contributed by atoms with van der Waals surface area (Å²) in [6.45, 7) is 5.18. The molecule has 0 atom stereocenters. The minimum absolute atomic E-state index is 0.203. The Hall–Kier alpha value is -2.29. The van der Waals surface area contributed by atoms with E-state index in [1.165, 1.54) is 17.3 Å². The van der Waals surface area contributed by atoms with Crippen LogP contribution in [0.5, 0.6) is 0 Å². The fourth-order valence-electron chi connectivity index (χ4n) is 1.43. The monoisotopic (exact) mass is 278 g/mol. The lowest BCUT2D eigenvalue weighted by Gasteiger charge is -2.10. The predicted molar refractivity (Wildman–Crippen MR) is 73.9 cm³/mol. The maximum absolute atomic E-state index is 5.45. The van der Waals surface area contributed by atoms with E-state index < -0.39 is 0 Å². The van der Waals surface area contributed by atoms with Crippen LogP contribution in [0.4, 0.5) is 11.9 Å². The van der Waals surface area contributed by atoms with Gasteiger partial charge in [0, 0.05) is 13.6 Å². The van der Waals surface area contributed by atoms with Crippen LogP contribution in [0.3, 0.4) is 0 Å². The molecule has 0 spiro atoms. The standard InChI is InChI=1S/C11H18N8O/c1-8(2)20-5-4-14-10-16-9(12-3)17-11(18-10)19-7-13-6-15-19/h6-8H,4-5H2,1-3H3,(H2,12,14,16,17,18).